The Hall–Kier alpha value is 0.280. The molecule has 78 valence electrons. The van der Waals surface area contributed by atoms with E-state index in [4.69, 9.17) is 23.2 Å². The Bertz CT molecular complexity index is 295. The maximum atomic E-state index is 6.16. The normalized spacial score (nSPS) is 27.9. The standard InChI is InChI=1S/C11H14Cl2S/c12-9-3-1-2-8(6-9)7-11-10(13)4-5-14-11/h4-5,8-9H,1-3,6-7H2. The summed E-state index contributed by atoms with van der Waals surface area (Å²) in [6.07, 6.45) is 6.07. The molecule has 2 rings (SSSR count). The molecule has 1 fully saturated rings. The van der Waals surface area contributed by atoms with Crippen molar-refractivity contribution >= 4 is 34.5 Å². The molecule has 0 nitrogen and oxygen atoms in total. The highest BCUT2D eigenvalue weighted by Crippen LogP contribution is 2.33. The largest absolute Gasteiger partial charge is 0.147 e. The summed E-state index contributed by atoms with van der Waals surface area (Å²) in [4.78, 5) is 1.34. The van der Waals surface area contributed by atoms with Gasteiger partial charge in [-0.1, -0.05) is 18.0 Å². The van der Waals surface area contributed by atoms with Crippen LogP contribution >= 0.6 is 34.5 Å². The van der Waals surface area contributed by atoms with Crippen LogP contribution in [0.4, 0.5) is 0 Å². The second-order valence-electron chi connectivity index (χ2n) is 4.03. The minimum Gasteiger partial charge on any atom is -0.147 e. The minimum atomic E-state index is 0.396. The highest BCUT2D eigenvalue weighted by Gasteiger charge is 2.21. The lowest BCUT2D eigenvalue weighted by Gasteiger charge is -2.24. The number of halogens is 2. The van der Waals surface area contributed by atoms with Crippen molar-refractivity contribution in [3.05, 3.63) is 21.3 Å². The topological polar surface area (TPSA) is 0 Å². The summed E-state index contributed by atoms with van der Waals surface area (Å²) in [6, 6.07) is 1.99. The van der Waals surface area contributed by atoms with Crippen LogP contribution in [0.3, 0.4) is 0 Å². The molecule has 14 heavy (non-hydrogen) atoms. The van der Waals surface area contributed by atoms with E-state index in [2.05, 4.69) is 5.38 Å². The summed E-state index contributed by atoms with van der Waals surface area (Å²) in [5.74, 6) is 0.752. The van der Waals surface area contributed by atoms with Crippen LogP contribution in [0.2, 0.25) is 5.02 Å². The van der Waals surface area contributed by atoms with Crippen LogP contribution in [-0.2, 0) is 6.42 Å². The molecule has 0 saturated heterocycles. The molecule has 0 aromatic carbocycles. The maximum Gasteiger partial charge on any atom is 0.0545 e. The van der Waals surface area contributed by atoms with Gasteiger partial charge in [-0.2, -0.15) is 0 Å². The Morgan fingerprint density at radius 1 is 1.43 bits per heavy atom. The van der Waals surface area contributed by atoms with Gasteiger partial charge in [-0.3, -0.25) is 0 Å². The van der Waals surface area contributed by atoms with Crippen LogP contribution in [0.5, 0.6) is 0 Å². The molecule has 0 spiro atoms. The van der Waals surface area contributed by atoms with Crippen molar-refractivity contribution in [1.29, 1.82) is 0 Å². The van der Waals surface area contributed by atoms with Crippen LogP contribution in [0.15, 0.2) is 11.4 Å². The van der Waals surface area contributed by atoms with E-state index >= 15 is 0 Å². The van der Waals surface area contributed by atoms with E-state index in [0.29, 0.717) is 5.38 Å². The fraction of sp³-hybridized carbons (Fsp3) is 0.636. The molecule has 0 radical (unpaired) electrons. The molecule has 3 heteroatoms. The Labute approximate surface area is 99.2 Å². The van der Waals surface area contributed by atoms with Gasteiger partial charge >= 0.3 is 0 Å². The summed E-state index contributed by atoms with van der Waals surface area (Å²) in [7, 11) is 0. The third-order valence-corrected chi connectivity index (χ3v) is 4.69. The molecule has 0 aliphatic heterocycles. The molecule has 0 amide bonds. The van der Waals surface area contributed by atoms with Crippen LogP contribution < -0.4 is 0 Å². The third kappa shape index (κ3) is 2.65. The van der Waals surface area contributed by atoms with Gasteiger partial charge < -0.3 is 0 Å². The van der Waals surface area contributed by atoms with Crippen molar-refractivity contribution in [2.45, 2.75) is 37.5 Å². The summed E-state index contributed by atoms with van der Waals surface area (Å²) in [6.45, 7) is 0. The SMILES string of the molecule is Clc1ccsc1CC1CCCC(Cl)C1. The molecule has 1 saturated carbocycles. The zero-order chi connectivity index (χ0) is 9.97. The van der Waals surface area contributed by atoms with Gasteiger partial charge in [0.2, 0.25) is 0 Å². The lowest BCUT2D eigenvalue weighted by atomic mass is 9.86. The lowest BCUT2D eigenvalue weighted by Crippen LogP contribution is -2.17. The van der Waals surface area contributed by atoms with Crippen molar-refractivity contribution in [1.82, 2.24) is 0 Å². The van der Waals surface area contributed by atoms with Crippen LogP contribution in [0.1, 0.15) is 30.6 Å². The van der Waals surface area contributed by atoms with E-state index in [1.165, 1.54) is 24.1 Å². The first kappa shape index (κ1) is 10.8. The highest BCUT2D eigenvalue weighted by molar-refractivity contribution is 7.10. The van der Waals surface area contributed by atoms with Crippen LogP contribution in [0, 0.1) is 5.92 Å². The fourth-order valence-electron chi connectivity index (χ4n) is 2.14. The Morgan fingerprint density at radius 2 is 2.29 bits per heavy atom. The summed E-state index contributed by atoms with van der Waals surface area (Å²) in [5, 5.41) is 3.40. The van der Waals surface area contributed by atoms with E-state index in [-0.39, 0.29) is 0 Å². The van der Waals surface area contributed by atoms with Gasteiger partial charge in [0.05, 0.1) is 5.02 Å². The Morgan fingerprint density at radius 3 is 2.93 bits per heavy atom. The molecule has 2 atom stereocenters. The maximum absolute atomic E-state index is 6.16. The Balaban J connectivity index is 1.94. The molecular weight excluding hydrogens is 235 g/mol. The second kappa shape index (κ2) is 4.87. The van der Waals surface area contributed by atoms with Gasteiger partial charge in [0.25, 0.3) is 0 Å². The molecule has 1 aliphatic rings. The molecular formula is C11H14Cl2S. The van der Waals surface area contributed by atoms with Crippen molar-refractivity contribution in [3.8, 4) is 0 Å². The third-order valence-electron chi connectivity index (χ3n) is 2.88. The predicted molar refractivity (Wildman–Crippen MR) is 64.6 cm³/mol. The smallest absolute Gasteiger partial charge is 0.0545 e. The molecule has 2 unspecified atom stereocenters. The number of alkyl halides is 1. The summed E-state index contributed by atoms with van der Waals surface area (Å²) < 4.78 is 0. The van der Waals surface area contributed by atoms with E-state index in [1.54, 1.807) is 11.3 Å². The van der Waals surface area contributed by atoms with Crippen molar-refractivity contribution < 1.29 is 0 Å². The first-order chi connectivity index (χ1) is 6.75. The average Bonchev–Trinajstić information content (AvgIpc) is 2.52. The lowest BCUT2D eigenvalue weighted by molar-refractivity contribution is 0.363. The summed E-state index contributed by atoms with van der Waals surface area (Å²) >= 11 is 14.0. The number of thiophene rings is 1. The van der Waals surface area contributed by atoms with E-state index in [1.807, 2.05) is 6.07 Å². The first-order valence-corrected chi connectivity index (χ1v) is 6.81. The zero-order valence-corrected chi connectivity index (χ0v) is 10.3. The molecule has 1 aromatic rings. The highest BCUT2D eigenvalue weighted by atomic mass is 35.5. The van der Waals surface area contributed by atoms with Crippen LogP contribution in [0.25, 0.3) is 0 Å². The molecule has 1 aromatic heterocycles. The van der Waals surface area contributed by atoms with Crippen LogP contribution in [-0.4, -0.2) is 5.38 Å². The number of rotatable bonds is 2. The van der Waals surface area contributed by atoms with E-state index in [9.17, 15) is 0 Å². The minimum absolute atomic E-state index is 0.396. The fourth-order valence-corrected chi connectivity index (χ4v) is 3.78. The molecule has 1 aliphatic carbocycles. The van der Waals surface area contributed by atoms with Gasteiger partial charge in [0.15, 0.2) is 0 Å². The molecule has 0 bridgehead atoms. The van der Waals surface area contributed by atoms with Gasteiger partial charge in [-0.15, -0.1) is 22.9 Å². The second-order valence-corrected chi connectivity index (χ2v) is 6.05. The van der Waals surface area contributed by atoms with Gasteiger partial charge in [0.1, 0.15) is 0 Å². The number of hydrogen-bond acceptors (Lipinski definition) is 1. The van der Waals surface area contributed by atoms with Gasteiger partial charge in [-0.25, -0.2) is 0 Å². The van der Waals surface area contributed by atoms with Gasteiger partial charge in [0, 0.05) is 10.3 Å². The quantitative estimate of drug-likeness (QED) is 0.664. The summed E-state index contributed by atoms with van der Waals surface area (Å²) in [5.41, 5.74) is 0. The monoisotopic (exact) mass is 248 g/mol. The van der Waals surface area contributed by atoms with Crippen molar-refractivity contribution in [2.75, 3.05) is 0 Å². The van der Waals surface area contributed by atoms with Crippen molar-refractivity contribution in [2.24, 2.45) is 5.92 Å². The zero-order valence-electron chi connectivity index (χ0n) is 8.01. The number of hydrogen-bond donors (Lipinski definition) is 0. The Kier molecular flexibility index (Phi) is 3.75. The molecule has 1 heterocycles. The predicted octanol–water partition coefficient (Wildman–Crippen LogP) is 4.74. The first-order valence-electron chi connectivity index (χ1n) is 5.11. The van der Waals surface area contributed by atoms with E-state index in [0.717, 1.165) is 23.8 Å². The molecule has 0 N–H and O–H groups in total. The average molecular weight is 249 g/mol. The van der Waals surface area contributed by atoms with Gasteiger partial charge in [-0.05, 0) is 43.0 Å². The van der Waals surface area contributed by atoms with E-state index < -0.39 is 0 Å². The van der Waals surface area contributed by atoms with Crippen molar-refractivity contribution in [3.63, 3.8) is 0 Å².